The van der Waals surface area contributed by atoms with E-state index in [1.807, 2.05) is 6.92 Å². The van der Waals surface area contributed by atoms with E-state index in [9.17, 15) is 15.0 Å². The molecule has 1 fully saturated rings. The standard InChI is InChI=1S/C15H20ClNO3/c1-2-6-15(14(19)20)7-8-17(10-15)9-11-12(16)4-3-5-13(11)18/h3-5,18H,2,6-10H2,1H3,(H,19,20). The highest BCUT2D eigenvalue weighted by molar-refractivity contribution is 6.31. The fourth-order valence-electron chi connectivity index (χ4n) is 2.98. The normalized spacial score (nSPS) is 23.1. The van der Waals surface area contributed by atoms with Crippen LogP contribution >= 0.6 is 11.6 Å². The van der Waals surface area contributed by atoms with Gasteiger partial charge in [0, 0.05) is 23.7 Å². The molecule has 0 amide bonds. The van der Waals surface area contributed by atoms with E-state index in [0.29, 0.717) is 36.5 Å². The first-order chi connectivity index (χ1) is 9.48. The van der Waals surface area contributed by atoms with Crippen molar-refractivity contribution in [1.29, 1.82) is 0 Å². The van der Waals surface area contributed by atoms with Crippen molar-refractivity contribution in [2.24, 2.45) is 5.41 Å². The number of benzene rings is 1. The van der Waals surface area contributed by atoms with Gasteiger partial charge in [0.25, 0.3) is 0 Å². The number of carbonyl (C=O) groups is 1. The first-order valence-corrected chi connectivity index (χ1v) is 7.28. The summed E-state index contributed by atoms with van der Waals surface area (Å²) in [6.07, 6.45) is 2.20. The van der Waals surface area contributed by atoms with Crippen LogP contribution in [0.4, 0.5) is 0 Å². The molecule has 1 atom stereocenters. The van der Waals surface area contributed by atoms with Crippen molar-refractivity contribution in [1.82, 2.24) is 4.90 Å². The Hall–Kier alpha value is -1.26. The molecule has 0 bridgehead atoms. The Labute approximate surface area is 124 Å². The Bertz CT molecular complexity index is 486. The van der Waals surface area contributed by atoms with Crippen LogP contribution in [0.3, 0.4) is 0 Å². The molecule has 0 aliphatic carbocycles. The van der Waals surface area contributed by atoms with Crippen LogP contribution in [0.5, 0.6) is 5.75 Å². The Balaban J connectivity index is 2.12. The van der Waals surface area contributed by atoms with Crippen LogP contribution in [0.1, 0.15) is 31.7 Å². The molecule has 20 heavy (non-hydrogen) atoms. The molecule has 0 saturated carbocycles. The number of phenols is 1. The lowest BCUT2D eigenvalue weighted by molar-refractivity contribution is -0.148. The SMILES string of the molecule is CCCC1(C(=O)O)CCN(Cc2c(O)cccc2Cl)C1. The monoisotopic (exact) mass is 297 g/mol. The summed E-state index contributed by atoms with van der Waals surface area (Å²) in [5.74, 6) is -0.550. The first kappa shape index (κ1) is 15.1. The quantitative estimate of drug-likeness (QED) is 0.876. The highest BCUT2D eigenvalue weighted by atomic mass is 35.5. The highest BCUT2D eigenvalue weighted by Crippen LogP contribution is 2.37. The fraction of sp³-hybridized carbons (Fsp3) is 0.533. The van der Waals surface area contributed by atoms with Crippen molar-refractivity contribution >= 4 is 17.6 Å². The summed E-state index contributed by atoms with van der Waals surface area (Å²) >= 11 is 6.10. The number of likely N-dealkylation sites (tertiary alicyclic amines) is 1. The van der Waals surface area contributed by atoms with Crippen molar-refractivity contribution in [2.75, 3.05) is 13.1 Å². The molecule has 0 radical (unpaired) electrons. The van der Waals surface area contributed by atoms with Gasteiger partial charge in [-0.25, -0.2) is 0 Å². The third kappa shape index (κ3) is 2.91. The maximum Gasteiger partial charge on any atom is 0.310 e. The number of nitrogens with zero attached hydrogens (tertiary/aromatic N) is 1. The lowest BCUT2D eigenvalue weighted by Crippen LogP contribution is -2.34. The van der Waals surface area contributed by atoms with Gasteiger partial charge in [-0.15, -0.1) is 0 Å². The predicted molar refractivity (Wildman–Crippen MR) is 78.0 cm³/mol. The summed E-state index contributed by atoms with van der Waals surface area (Å²) in [5, 5.41) is 19.9. The average Bonchev–Trinajstić information content (AvgIpc) is 2.79. The number of rotatable bonds is 5. The molecule has 110 valence electrons. The minimum Gasteiger partial charge on any atom is -0.508 e. The molecule has 1 saturated heterocycles. The molecule has 1 aliphatic rings. The minimum atomic E-state index is -0.717. The van der Waals surface area contributed by atoms with Gasteiger partial charge in [0.05, 0.1) is 5.41 Å². The van der Waals surface area contributed by atoms with E-state index >= 15 is 0 Å². The molecule has 1 aromatic rings. The fourth-order valence-corrected chi connectivity index (χ4v) is 3.21. The van der Waals surface area contributed by atoms with Gasteiger partial charge < -0.3 is 10.2 Å². The van der Waals surface area contributed by atoms with Crippen LogP contribution in [-0.2, 0) is 11.3 Å². The van der Waals surface area contributed by atoms with E-state index in [1.54, 1.807) is 18.2 Å². The van der Waals surface area contributed by atoms with E-state index in [0.717, 1.165) is 13.0 Å². The predicted octanol–water partition coefficient (Wildman–Crippen LogP) is 3.12. The van der Waals surface area contributed by atoms with Gasteiger partial charge in [0.2, 0.25) is 0 Å². The summed E-state index contributed by atoms with van der Waals surface area (Å²) in [6, 6.07) is 5.04. The van der Waals surface area contributed by atoms with E-state index < -0.39 is 11.4 Å². The van der Waals surface area contributed by atoms with Crippen LogP contribution in [0.25, 0.3) is 0 Å². The Morgan fingerprint density at radius 3 is 2.85 bits per heavy atom. The second-order valence-corrected chi connectivity index (χ2v) is 5.94. The van der Waals surface area contributed by atoms with Crippen molar-refractivity contribution < 1.29 is 15.0 Å². The molecular weight excluding hydrogens is 278 g/mol. The highest BCUT2D eigenvalue weighted by Gasteiger charge is 2.43. The van der Waals surface area contributed by atoms with Crippen LogP contribution < -0.4 is 0 Å². The number of aliphatic carboxylic acids is 1. The lowest BCUT2D eigenvalue weighted by atomic mass is 9.83. The summed E-state index contributed by atoms with van der Waals surface area (Å²) in [6.45, 7) is 3.73. The zero-order valence-corrected chi connectivity index (χ0v) is 12.4. The van der Waals surface area contributed by atoms with Gasteiger partial charge in [-0.3, -0.25) is 9.69 Å². The summed E-state index contributed by atoms with van der Waals surface area (Å²) in [4.78, 5) is 13.6. The Morgan fingerprint density at radius 1 is 1.50 bits per heavy atom. The van der Waals surface area contributed by atoms with Crippen LogP contribution in [0, 0.1) is 5.41 Å². The second kappa shape index (κ2) is 6.02. The summed E-state index contributed by atoms with van der Waals surface area (Å²) < 4.78 is 0. The minimum absolute atomic E-state index is 0.167. The Kier molecular flexibility index (Phi) is 4.55. The number of hydrogen-bond acceptors (Lipinski definition) is 3. The average molecular weight is 298 g/mol. The van der Waals surface area contributed by atoms with Gasteiger partial charge in [-0.05, 0) is 31.5 Å². The molecule has 5 heteroatoms. The zero-order valence-electron chi connectivity index (χ0n) is 11.6. The second-order valence-electron chi connectivity index (χ2n) is 5.53. The maximum atomic E-state index is 11.5. The topological polar surface area (TPSA) is 60.8 Å². The third-order valence-corrected chi connectivity index (χ3v) is 4.45. The van der Waals surface area contributed by atoms with Crippen molar-refractivity contribution in [2.45, 2.75) is 32.7 Å². The van der Waals surface area contributed by atoms with Crippen LogP contribution in [-0.4, -0.2) is 34.2 Å². The third-order valence-electron chi connectivity index (χ3n) is 4.09. The van der Waals surface area contributed by atoms with Crippen molar-refractivity contribution in [3.63, 3.8) is 0 Å². The maximum absolute atomic E-state index is 11.5. The van der Waals surface area contributed by atoms with Crippen LogP contribution in [0.15, 0.2) is 18.2 Å². The summed E-state index contributed by atoms with van der Waals surface area (Å²) in [5.41, 5.74) is 0.0258. The number of phenolic OH excluding ortho intramolecular Hbond substituents is 1. The molecule has 1 aromatic carbocycles. The first-order valence-electron chi connectivity index (χ1n) is 6.90. The number of carboxylic acid groups (broad SMARTS) is 1. The van der Waals surface area contributed by atoms with Gasteiger partial charge in [-0.2, -0.15) is 0 Å². The lowest BCUT2D eigenvalue weighted by Gasteiger charge is -2.24. The molecule has 4 nitrogen and oxygen atoms in total. The molecular formula is C15H20ClNO3. The molecule has 0 spiro atoms. The van der Waals surface area contributed by atoms with E-state index in [1.165, 1.54) is 0 Å². The van der Waals surface area contributed by atoms with Crippen molar-refractivity contribution in [3.05, 3.63) is 28.8 Å². The largest absolute Gasteiger partial charge is 0.508 e. The van der Waals surface area contributed by atoms with Gasteiger partial charge in [0.1, 0.15) is 5.75 Å². The van der Waals surface area contributed by atoms with E-state index in [2.05, 4.69) is 4.90 Å². The van der Waals surface area contributed by atoms with Crippen LogP contribution in [0.2, 0.25) is 5.02 Å². The van der Waals surface area contributed by atoms with Crippen molar-refractivity contribution in [3.8, 4) is 5.75 Å². The molecule has 0 aromatic heterocycles. The molecule has 1 heterocycles. The molecule has 1 unspecified atom stereocenters. The number of hydrogen-bond donors (Lipinski definition) is 2. The zero-order chi connectivity index (χ0) is 14.8. The Morgan fingerprint density at radius 2 is 2.25 bits per heavy atom. The van der Waals surface area contributed by atoms with E-state index in [4.69, 9.17) is 11.6 Å². The smallest absolute Gasteiger partial charge is 0.310 e. The van der Waals surface area contributed by atoms with Gasteiger partial charge in [0.15, 0.2) is 0 Å². The number of halogens is 1. The van der Waals surface area contributed by atoms with E-state index in [-0.39, 0.29) is 5.75 Å². The van der Waals surface area contributed by atoms with Gasteiger partial charge in [-0.1, -0.05) is 31.0 Å². The number of aromatic hydroxyl groups is 1. The molecule has 2 N–H and O–H groups in total. The van der Waals surface area contributed by atoms with Gasteiger partial charge >= 0.3 is 5.97 Å². The number of carboxylic acids is 1. The molecule has 2 rings (SSSR count). The summed E-state index contributed by atoms with van der Waals surface area (Å²) in [7, 11) is 0. The molecule has 1 aliphatic heterocycles.